The van der Waals surface area contributed by atoms with Crippen LogP contribution in [-0.4, -0.2) is 4.98 Å². The summed E-state index contributed by atoms with van der Waals surface area (Å²) in [5.41, 5.74) is 3.23. The van der Waals surface area contributed by atoms with Crippen LogP contribution in [0.25, 0.3) is 0 Å². The molecule has 18 heavy (non-hydrogen) atoms. The molecule has 0 aliphatic heterocycles. The zero-order valence-electron chi connectivity index (χ0n) is 11.0. The van der Waals surface area contributed by atoms with Gasteiger partial charge in [0.15, 0.2) is 0 Å². The van der Waals surface area contributed by atoms with E-state index in [9.17, 15) is 0 Å². The Kier molecular flexibility index (Phi) is 3.93. The quantitative estimate of drug-likeness (QED) is 0.865. The van der Waals surface area contributed by atoms with Gasteiger partial charge in [-0.05, 0) is 45.4 Å². The van der Waals surface area contributed by atoms with Gasteiger partial charge in [-0.3, -0.25) is 0 Å². The highest BCUT2D eigenvalue weighted by molar-refractivity contribution is 7.11. The summed E-state index contributed by atoms with van der Waals surface area (Å²) in [7, 11) is 0. The molecule has 0 bridgehead atoms. The van der Waals surface area contributed by atoms with Crippen LogP contribution in [0.4, 0.5) is 5.69 Å². The Morgan fingerprint density at radius 1 is 1.28 bits per heavy atom. The molecule has 0 spiro atoms. The lowest BCUT2D eigenvalue weighted by atomic mass is 10.2. The lowest BCUT2D eigenvalue weighted by Gasteiger charge is -2.15. The van der Waals surface area contributed by atoms with Crippen molar-refractivity contribution in [1.82, 2.24) is 4.98 Å². The van der Waals surface area contributed by atoms with E-state index in [0.29, 0.717) is 0 Å². The molecule has 0 amide bonds. The number of anilines is 1. The van der Waals surface area contributed by atoms with Gasteiger partial charge in [-0.25, -0.2) is 4.98 Å². The third-order valence-electron chi connectivity index (χ3n) is 2.85. The molecule has 96 valence electrons. The summed E-state index contributed by atoms with van der Waals surface area (Å²) >= 11 is 7.96. The normalized spacial score (nSPS) is 12.5. The molecular weight excluding hydrogens is 264 g/mol. The van der Waals surface area contributed by atoms with E-state index in [1.54, 1.807) is 11.3 Å². The summed E-state index contributed by atoms with van der Waals surface area (Å²) in [6, 6.07) is 6.20. The molecule has 2 nitrogen and oxygen atoms in total. The third-order valence-corrected chi connectivity index (χ3v) is 4.06. The van der Waals surface area contributed by atoms with Gasteiger partial charge < -0.3 is 5.32 Å². The minimum absolute atomic E-state index is 0.162. The van der Waals surface area contributed by atoms with Gasteiger partial charge in [0.1, 0.15) is 0 Å². The maximum Gasteiger partial charge on any atom is 0.0901 e. The second-order valence-electron chi connectivity index (χ2n) is 4.52. The Balaban J connectivity index is 2.21. The molecule has 0 saturated heterocycles. The summed E-state index contributed by atoms with van der Waals surface area (Å²) in [5, 5.41) is 5.28. The highest BCUT2D eigenvalue weighted by Gasteiger charge is 2.14. The summed E-state index contributed by atoms with van der Waals surface area (Å²) in [4.78, 5) is 5.83. The first-order valence-electron chi connectivity index (χ1n) is 5.94. The van der Waals surface area contributed by atoms with E-state index in [0.717, 1.165) is 21.4 Å². The fourth-order valence-corrected chi connectivity index (χ4v) is 3.19. The average Bonchev–Trinajstić information content (AvgIpc) is 2.62. The van der Waals surface area contributed by atoms with Crippen molar-refractivity contribution < 1.29 is 0 Å². The topological polar surface area (TPSA) is 24.9 Å². The minimum Gasteiger partial charge on any atom is -0.376 e. The lowest BCUT2D eigenvalue weighted by Crippen LogP contribution is -2.08. The van der Waals surface area contributed by atoms with Crippen molar-refractivity contribution in [3.05, 3.63) is 44.4 Å². The summed E-state index contributed by atoms with van der Waals surface area (Å²) in [6.07, 6.45) is 0. The van der Waals surface area contributed by atoms with Crippen molar-refractivity contribution in [1.29, 1.82) is 0 Å². The lowest BCUT2D eigenvalue weighted by molar-refractivity contribution is 0.837. The SMILES string of the molecule is Cc1ccc(NC(C)c2nc(C)sc2C)c(Cl)c1. The van der Waals surface area contributed by atoms with E-state index < -0.39 is 0 Å². The van der Waals surface area contributed by atoms with Gasteiger partial charge in [-0.1, -0.05) is 17.7 Å². The van der Waals surface area contributed by atoms with E-state index in [2.05, 4.69) is 30.2 Å². The molecule has 2 rings (SSSR count). The van der Waals surface area contributed by atoms with Crippen molar-refractivity contribution in [3.8, 4) is 0 Å². The van der Waals surface area contributed by atoms with Crippen LogP contribution in [0.15, 0.2) is 18.2 Å². The van der Waals surface area contributed by atoms with Crippen LogP contribution in [0, 0.1) is 20.8 Å². The smallest absolute Gasteiger partial charge is 0.0901 e. The Hall–Kier alpha value is -1.06. The van der Waals surface area contributed by atoms with Crippen LogP contribution in [-0.2, 0) is 0 Å². The number of hydrogen-bond donors (Lipinski definition) is 1. The van der Waals surface area contributed by atoms with E-state index in [-0.39, 0.29) is 6.04 Å². The van der Waals surface area contributed by atoms with Gasteiger partial charge in [0.2, 0.25) is 0 Å². The number of benzene rings is 1. The molecule has 0 aliphatic carbocycles. The van der Waals surface area contributed by atoms with E-state index >= 15 is 0 Å². The Morgan fingerprint density at radius 3 is 2.56 bits per heavy atom. The summed E-state index contributed by atoms with van der Waals surface area (Å²) < 4.78 is 0. The van der Waals surface area contributed by atoms with Gasteiger partial charge >= 0.3 is 0 Å². The fraction of sp³-hybridized carbons (Fsp3) is 0.357. The molecule has 2 aromatic rings. The molecule has 1 atom stereocenters. The highest BCUT2D eigenvalue weighted by atomic mass is 35.5. The van der Waals surface area contributed by atoms with Crippen LogP contribution in [0.2, 0.25) is 5.02 Å². The first-order valence-corrected chi connectivity index (χ1v) is 7.13. The molecule has 0 aliphatic rings. The van der Waals surface area contributed by atoms with Gasteiger partial charge in [0, 0.05) is 4.88 Å². The molecule has 1 aromatic heterocycles. The number of nitrogens with one attached hydrogen (secondary N) is 1. The van der Waals surface area contributed by atoms with Crippen LogP contribution >= 0.6 is 22.9 Å². The Labute approximate surface area is 117 Å². The predicted octanol–water partition coefficient (Wildman–Crippen LogP) is 4.89. The van der Waals surface area contributed by atoms with Gasteiger partial charge in [-0.2, -0.15) is 0 Å². The van der Waals surface area contributed by atoms with E-state index in [4.69, 9.17) is 11.6 Å². The molecule has 1 N–H and O–H groups in total. The van der Waals surface area contributed by atoms with E-state index in [1.807, 2.05) is 26.0 Å². The van der Waals surface area contributed by atoms with Crippen molar-refractivity contribution in [2.45, 2.75) is 33.7 Å². The Morgan fingerprint density at radius 2 is 2.00 bits per heavy atom. The van der Waals surface area contributed by atoms with Crippen molar-refractivity contribution in [2.75, 3.05) is 5.32 Å². The number of aryl methyl sites for hydroxylation is 3. The standard InChI is InChI=1S/C14H17ClN2S/c1-8-5-6-13(12(15)7-8)16-9(2)14-10(3)18-11(4)17-14/h5-7,9,16H,1-4H3. The monoisotopic (exact) mass is 280 g/mol. The molecule has 1 unspecified atom stereocenters. The highest BCUT2D eigenvalue weighted by Crippen LogP contribution is 2.29. The fourth-order valence-electron chi connectivity index (χ4n) is 1.99. The van der Waals surface area contributed by atoms with Crippen molar-refractivity contribution in [2.24, 2.45) is 0 Å². The summed E-state index contributed by atoms with van der Waals surface area (Å²) in [5.74, 6) is 0. The van der Waals surface area contributed by atoms with Gasteiger partial charge in [0.05, 0.1) is 27.5 Å². The number of rotatable bonds is 3. The average molecular weight is 281 g/mol. The zero-order valence-corrected chi connectivity index (χ0v) is 12.6. The maximum atomic E-state index is 6.23. The largest absolute Gasteiger partial charge is 0.376 e. The van der Waals surface area contributed by atoms with Crippen LogP contribution in [0.1, 0.15) is 34.1 Å². The molecule has 0 saturated carbocycles. The number of thiazole rings is 1. The molecule has 0 radical (unpaired) electrons. The first-order chi connectivity index (χ1) is 8.47. The molecule has 4 heteroatoms. The summed E-state index contributed by atoms with van der Waals surface area (Å²) in [6.45, 7) is 8.28. The first kappa shape index (κ1) is 13.4. The predicted molar refractivity (Wildman–Crippen MR) is 79.8 cm³/mol. The molecule has 0 fully saturated rings. The van der Waals surface area contributed by atoms with Crippen LogP contribution < -0.4 is 5.32 Å². The van der Waals surface area contributed by atoms with Gasteiger partial charge in [-0.15, -0.1) is 11.3 Å². The maximum absolute atomic E-state index is 6.23. The number of nitrogens with zero attached hydrogens (tertiary/aromatic N) is 1. The molecule has 1 aromatic carbocycles. The van der Waals surface area contributed by atoms with Gasteiger partial charge in [0.25, 0.3) is 0 Å². The zero-order chi connectivity index (χ0) is 13.3. The third kappa shape index (κ3) is 2.85. The second-order valence-corrected chi connectivity index (χ2v) is 6.34. The van der Waals surface area contributed by atoms with Crippen molar-refractivity contribution in [3.63, 3.8) is 0 Å². The number of hydrogen-bond acceptors (Lipinski definition) is 3. The minimum atomic E-state index is 0.162. The Bertz CT molecular complexity index is 563. The van der Waals surface area contributed by atoms with E-state index in [1.165, 1.54) is 10.4 Å². The number of aromatic nitrogens is 1. The van der Waals surface area contributed by atoms with Crippen LogP contribution in [0.5, 0.6) is 0 Å². The molecule has 1 heterocycles. The van der Waals surface area contributed by atoms with Crippen molar-refractivity contribution >= 4 is 28.6 Å². The number of halogens is 1. The van der Waals surface area contributed by atoms with Crippen LogP contribution in [0.3, 0.4) is 0 Å². The second kappa shape index (κ2) is 5.29. The molecular formula is C14H17ClN2S.